The molecule has 0 unspecified atom stereocenters. The fourth-order valence-corrected chi connectivity index (χ4v) is 3.78. The fourth-order valence-electron chi connectivity index (χ4n) is 3.47. The molecule has 1 aromatic carbocycles. The van der Waals surface area contributed by atoms with Gasteiger partial charge in [-0.05, 0) is 64.8 Å². The van der Waals surface area contributed by atoms with Gasteiger partial charge in [0.05, 0.1) is 11.2 Å². The Morgan fingerprint density at radius 1 is 1.09 bits per heavy atom. The van der Waals surface area contributed by atoms with Crippen molar-refractivity contribution in [1.29, 1.82) is 0 Å². The molecule has 1 amide bonds. The first-order valence-corrected chi connectivity index (χ1v) is 10.5. The Morgan fingerprint density at radius 2 is 1.97 bits per heavy atom. The largest absolute Gasteiger partial charge is 0.444 e. The van der Waals surface area contributed by atoms with Gasteiger partial charge in [0.25, 0.3) is 5.91 Å². The molecular formula is C23H17BrN6O2. The summed E-state index contributed by atoms with van der Waals surface area (Å²) in [4.78, 5) is 25.4. The molecule has 8 nitrogen and oxygen atoms in total. The maximum Gasteiger partial charge on any atom is 0.291 e. The quantitative estimate of drug-likeness (QED) is 0.368. The van der Waals surface area contributed by atoms with Crippen LogP contribution in [0.1, 0.15) is 16.1 Å². The number of anilines is 2. The number of nitrogens with two attached hydrogens (primary N) is 1. The third-order valence-electron chi connectivity index (χ3n) is 5.06. The predicted molar refractivity (Wildman–Crippen MR) is 126 cm³/mol. The second-order valence-corrected chi connectivity index (χ2v) is 7.98. The zero-order chi connectivity index (χ0) is 22.2. The number of aromatic nitrogens is 4. The molecule has 158 valence electrons. The van der Waals surface area contributed by atoms with E-state index in [2.05, 4.69) is 36.2 Å². The lowest BCUT2D eigenvalue weighted by molar-refractivity contribution is 0.0995. The minimum atomic E-state index is -0.329. The average molecular weight is 489 g/mol. The molecule has 0 fully saturated rings. The summed E-state index contributed by atoms with van der Waals surface area (Å²) in [6.45, 7) is 2.00. The first-order chi connectivity index (χ1) is 15.5. The molecule has 0 atom stereocenters. The van der Waals surface area contributed by atoms with Crippen LogP contribution in [-0.2, 0) is 0 Å². The highest BCUT2D eigenvalue weighted by Gasteiger charge is 2.14. The van der Waals surface area contributed by atoms with E-state index in [9.17, 15) is 4.79 Å². The first kappa shape index (κ1) is 20.0. The highest BCUT2D eigenvalue weighted by atomic mass is 79.9. The molecule has 0 bridgehead atoms. The summed E-state index contributed by atoms with van der Waals surface area (Å²) < 4.78 is 7.77. The third kappa shape index (κ3) is 3.74. The van der Waals surface area contributed by atoms with Crippen molar-refractivity contribution in [3.05, 3.63) is 83.2 Å². The Morgan fingerprint density at radius 3 is 2.75 bits per heavy atom. The molecular weight excluding hydrogens is 472 g/mol. The molecule has 0 radical (unpaired) electrons. The van der Waals surface area contributed by atoms with Gasteiger partial charge < -0.3 is 20.0 Å². The Hall–Kier alpha value is -3.98. The number of carbonyl (C=O) groups is 1. The van der Waals surface area contributed by atoms with E-state index in [0.29, 0.717) is 22.0 Å². The third-order valence-corrected chi connectivity index (χ3v) is 5.49. The fraction of sp³-hybridized carbons (Fsp3) is 0.0435. The van der Waals surface area contributed by atoms with Crippen LogP contribution in [0.2, 0.25) is 0 Å². The van der Waals surface area contributed by atoms with Crippen LogP contribution in [0.4, 0.5) is 11.5 Å². The lowest BCUT2D eigenvalue weighted by atomic mass is 10.0. The lowest BCUT2D eigenvalue weighted by Crippen LogP contribution is -2.11. The van der Waals surface area contributed by atoms with Gasteiger partial charge in [-0.25, -0.2) is 9.97 Å². The summed E-state index contributed by atoms with van der Waals surface area (Å²) in [5.41, 5.74) is 10.1. The van der Waals surface area contributed by atoms with Crippen molar-refractivity contribution in [2.45, 2.75) is 6.92 Å². The number of hydrogen-bond donors (Lipinski definition) is 2. The van der Waals surface area contributed by atoms with Crippen LogP contribution in [-0.4, -0.2) is 25.4 Å². The van der Waals surface area contributed by atoms with Crippen molar-refractivity contribution in [3.8, 4) is 17.1 Å². The topological polar surface area (TPSA) is 112 Å². The Balaban J connectivity index is 1.53. The summed E-state index contributed by atoms with van der Waals surface area (Å²) in [6.07, 6.45) is 5.17. The molecule has 32 heavy (non-hydrogen) atoms. The average Bonchev–Trinajstić information content (AvgIpc) is 3.41. The van der Waals surface area contributed by atoms with Gasteiger partial charge in [-0.2, -0.15) is 0 Å². The van der Waals surface area contributed by atoms with Crippen LogP contribution >= 0.6 is 15.9 Å². The molecule has 0 aliphatic carbocycles. The van der Waals surface area contributed by atoms with Crippen LogP contribution in [0.5, 0.6) is 0 Å². The normalized spacial score (nSPS) is 11.1. The summed E-state index contributed by atoms with van der Waals surface area (Å²) in [6, 6.07) is 14.6. The minimum Gasteiger partial charge on any atom is -0.444 e. The van der Waals surface area contributed by atoms with Crippen LogP contribution in [0.25, 0.3) is 28.0 Å². The van der Waals surface area contributed by atoms with E-state index in [-0.39, 0.29) is 11.7 Å². The number of furan rings is 1. The van der Waals surface area contributed by atoms with Gasteiger partial charge in [-0.3, -0.25) is 9.78 Å². The van der Waals surface area contributed by atoms with Crippen LogP contribution in [0, 0.1) is 6.92 Å². The van der Waals surface area contributed by atoms with Gasteiger partial charge in [-0.15, -0.1) is 0 Å². The number of benzene rings is 1. The molecule has 0 spiro atoms. The number of carbonyl (C=O) groups excluding carboxylic acids is 1. The number of amides is 1. The number of pyridine rings is 1. The number of nitrogens with zero attached hydrogens (tertiary/aromatic N) is 4. The second-order valence-electron chi connectivity index (χ2n) is 7.20. The van der Waals surface area contributed by atoms with E-state index in [0.717, 1.165) is 27.7 Å². The van der Waals surface area contributed by atoms with Gasteiger partial charge in [-0.1, -0.05) is 6.07 Å². The lowest BCUT2D eigenvalue weighted by Gasteiger charge is -2.11. The molecule has 4 heterocycles. The molecule has 5 rings (SSSR count). The maximum atomic E-state index is 12.5. The maximum absolute atomic E-state index is 12.5. The van der Waals surface area contributed by atoms with Crippen molar-refractivity contribution in [2.75, 3.05) is 11.1 Å². The Kier molecular flexibility index (Phi) is 4.95. The second kappa shape index (κ2) is 7.93. The van der Waals surface area contributed by atoms with E-state index in [1.807, 2.05) is 54.2 Å². The molecule has 9 heteroatoms. The van der Waals surface area contributed by atoms with E-state index >= 15 is 0 Å². The number of rotatable bonds is 4. The Bertz CT molecular complexity index is 1470. The van der Waals surface area contributed by atoms with Gasteiger partial charge >= 0.3 is 0 Å². The Labute approximate surface area is 191 Å². The van der Waals surface area contributed by atoms with Crippen LogP contribution in [0.15, 0.2) is 76.3 Å². The highest BCUT2D eigenvalue weighted by Crippen LogP contribution is 2.29. The van der Waals surface area contributed by atoms with Gasteiger partial charge in [0.2, 0.25) is 0 Å². The number of halogens is 1. The van der Waals surface area contributed by atoms with E-state index in [4.69, 9.17) is 10.2 Å². The van der Waals surface area contributed by atoms with Crippen LogP contribution in [0.3, 0.4) is 0 Å². The van der Waals surface area contributed by atoms with Crippen molar-refractivity contribution in [1.82, 2.24) is 19.5 Å². The van der Waals surface area contributed by atoms with Crippen molar-refractivity contribution in [2.24, 2.45) is 0 Å². The van der Waals surface area contributed by atoms with E-state index in [1.54, 1.807) is 18.2 Å². The zero-order valence-electron chi connectivity index (χ0n) is 16.9. The first-order valence-electron chi connectivity index (χ1n) is 9.70. The molecule has 5 aromatic rings. The highest BCUT2D eigenvalue weighted by molar-refractivity contribution is 9.10. The van der Waals surface area contributed by atoms with Crippen molar-refractivity contribution in [3.63, 3.8) is 0 Å². The summed E-state index contributed by atoms with van der Waals surface area (Å²) in [5.74, 6) is 0.964. The monoisotopic (exact) mass is 488 g/mol. The van der Waals surface area contributed by atoms with E-state index < -0.39 is 0 Å². The number of nitrogens with one attached hydrogen (secondary N) is 1. The number of hydrogen-bond acceptors (Lipinski definition) is 6. The smallest absolute Gasteiger partial charge is 0.291 e. The minimum absolute atomic E-state index is 0.223. The van der Waals surface area contributed by atoms with E-state index in [1.165, 1.54) is 6.33 Å². The summed E-state index contributed by atoms with van der Waals surface area (Å²) in [5, 5.41) is 3.84. The molecule has 0 aliphatic heterocycles. The standard InChI is InChI=1S/C23H17BrN6O2/c1-13-2-3-15(29-23(31)19-4-5-20(24)32-19)8-16(13)17-9-18-14(11-26-17)6-7-30(18)22-10-21(25)27-12-28-22/h2-12H,1H3,(H,29,31)(H2,25,27,28). The van der Waals surface area contributed by atoms with Gasteiger partial charge in [0, 0.05) is 35.1 Å². The zero-order valence-corrected chi connectivity index (χ0v) is 18.5. The SMILES string of the molecule is Cc1ccc(NC(=O)c2ccc(Br)o2)cc1-c1cc2c(ccn2-c2cc(N)ncn2)cn1. The molecule has 0 saturated carbocycles. The molecule has 4 aromatic heterocycles. The van der Waals surface area contributed by atoms with Crippen molar-refractivity contribution >= 4 is 44.2 Å². The summed E-state index contributed by atoms with van der Waals surface area (Å²) >= 11 is 3.21. The van der Waals surface area contributed by atoms with Gasteiger partial charge in [0.15, 0.2) is 10.4 Å². The van der Waals surface area contributed by atoms with Crippen molar-refractivity contribution < 1.29 is 9.21 Å². The number of nitrogen functional groups attached to an aromatic ring is 1. The predicted octanol–water partition coefficient (Wildman–Crippen LogP) is 4.98. The van der Waals surface area contributed by atoms with Gasteiger partial charge in [0.1, 0.15) is 18.0 Å². The molecule has 3 N–H and O–H groups in total. The summed E-state index contributed by atoms with van der Waals surface area (Å²) in [7, 11) is 0. The molecule has 0 aliphatic rings. The molecule has 0 saturated heterocycles. The van der Waals surface area contributed by atoms with Crippen LogP contribution < -0.4 is 11.1 Å². The number of aryl methyl sites for hydroxylation is 1. The number of fused-ring (bicyclic) bond motifs is 1.